The number of carbonyl (C=O) groups excluding carboxylic acids is 1. The largest absolute Gasteiger partial charge is 0.463 e. The van der Waals surface area contributed by atoms with Crippen molar-refractivity contribution in [3.8, 4) is 11.3 Å². The fourth-order valence-corrected chi connectivity index (χ4v) is 3.06. The molecule has 0 saturated carbocycles. The minimum atomic E-state index is -0.477. The predicted molar refractivity (Wildman–Crippen MR) is 98.2 cm³/mol. The summed E-state index contributed by atoms with van der Waals surface area (Å²) in [5, 5.41) is 4.78. The van der Waals surface area contributed by atoms with Crippen molar-refractivity contribution < 1.29 is 13.9 Å². The van der Waals surface area contributed by atoms with Crippen molar-refractivity contribution in [2.24, 2.45) is 0 Å². The molecule has 0 N–H and O–H groups in total. The Morgan fingerprint density at radius 1 is 1.12 bits per heavy atom. The second-order valence-electron chi connectivity index (χ2n) is 6.16. The third-order valence-corrected chi connectivity index (χ3v) is 4.33. The molecular weight excluding hydrogens is 328 g/mol. The van der Waals surface area contributed by atoms with Gasteiger partial charge in [-0.15, -0.1) is 0 Å². The summed E-state index contributed by atoms with van der Waals surface area (Å²) in [5.74, 6) is 0.421. The number of aryl methyl sites for hydroxylation is 1. The van der Waals surface area contributed by atoms with Gasteiger partial charge in [-0.25, -0.2) is 9.31 Å². The molecule has 0 atom stereocenters. The minimum Gasteiger partial charge on any atom is -0.463 e. The number of ether oxygens (including phenoxy) is 1. The van der Waals surface area contributed by atoms with E-state index in [9.17, 15) is 4.79 Å². The lowest BCUT2D eigenvalue weighted by Gasteiger charge is -2.02. The molecule has 0 aliphatic heterocycles. The van der Waals surface area contributed by atoms with Crippen LogP contribution in [0.15, 0.2) is 65.2 Å². The van der Waals surface area contributed by atoms with E-state index in [2.05, 4.69) is 12.1 Å². The van der Waals surface area contributed by atoms with Gasteiger partial charge in [0.15, 0.2) is 0 Å². The highest BCUT2D eigenvalue weighted by molar-refractivity contribution is 5.86. The van der Waals surface area contributed by atoms with E-state index in [0.29, 0.717) is 12.2 Å². The van der Waals surface area contributed by atoms with Crippen LogP contribution in [-0.4, -0.2) is 22.7 Å². The normalized spacial score (nSPS) is 11.0. The third kappa shape index (κ3) is 2.88. The molecule has 0 amide bonds. The molecule has 5 nitrogen and oxygen atoms in total. The first-order valence-electron chi connectivity index (χ1n) is 8.36. The molecule has 1 aromatic carbocycles. The van der Waals surface area contributed by atoms with E-state index < -0.39 is 5.97 Å². The van der Waals surface area contributed by atoms with Crippen molar-refractivity contribution in [1.29, 1.82) is 0 Å². The fraction of sp³-hybridized carbons (Fsp3) is 0.143. The molecule has 0 fully saturated rings. The second-order valence-corrected chi connectivity index (χ2v) is 6.16. The zero-order valence-electron chi connectivity index (χ0n) is 14.6. The maximum absolute atomic E-state index is 11.6. The van der Waals surface area contributed by atoms with Gasteiger partial charge in [-0.05, 0) is 30.7 Å². The Hall–Kier alpha value is -3.34. The van der Waals surface area contributed by atoms with Crippen LogP contribution >= 0.6 is 0 Å². The van der Waals surface area contributed by atoms with Gasteiger partial charge in [0.05, 0.1) is 18.3 Å². The Morgan fingerprint density at radius 2 is 1.92 bits per heavy atom. The summed E-state index contributed by atoms with van der Waals surface area (Å²) in [6.07, 6.45) is 2.54. The summed E-state index contributed by atoms with van der Waals surface area (Å²) in [4.78, 5) is 11.6. The van der Waals surface area contributed by atoms with Crippen molar-refractivity contribution in [3.63, 3.8) is 0 Å². The number of rotatable bonds is 4. The number of furan rings is 1. The van der Waals surface area contributed by atoms with Crippen LogP contribution in [0.25, 0.3) is 16.8 Å². The lowest BCUT2D eigenvalue weighted by atomic mass is 10.0. The Kier molecular flexibility index (Phi) is 4.05. The molecule has 0 aliphatic rings. The molecular formula is C21H18N2O3. The number of esters is 1. The van der Waals surface area contributed by atoms with Crippen LogP contribution in [0.1, 0.15) is 27.4 Å². The summed E-state index contributed by atoms with van der Waals surface area (Å²) >= 11 is 0. The van der Waals surface area contributed by atoms with Gasteiger partial charge >= 0.3 is 5.97 Å². The predicted octanol–water partition coefficient (Wildman–Crippen LogP) is 4.28. The monoisotopic (exact) mass is 346 g/mol. The average molecular weight is 346 g/mol. The van der Waals surface area contributed by atoms with Crippen molar-refractivity contribution >= 4 is 11.5 Å². The van der Waals surface area contributed by atoms with Gasteiger partial charge in [0.1, 0.15) is 5.76 Å². The molecule has 4 aromatic rings. The fourth-order valence-electron chi connectivity index (χ4n) is 3.06. The molecule has 0 saturated heterocycles. The van der Waals surface area contributed by atoms with Gasteiger partial charge in [0, 0.05) is 23.7 Å². The molecule has 130 valence electrons. The number of nitrogens with zero attached hydrogens (tertiary/aromatic N) is 2. The van der Waals surface area contributed by atoms with Crippen molar-refractivity contribution in [2.75, 3.05) is 7.11 Å². The van der Waals surface area contributed by atoms with E-state index in [1.54, 1.807) is 12.1 Å². The number of aromatic nitrogens is 2. The van der Waals surface area contributed by atoms with Gasteiger partial charge in [-0.3, -0.25) is 0 Å². The maximum Gasteiger partial charge on any atom is 0.373 e. The lowest BCUT2D eigenvalue weighted by molar-refractivity contribution is 0.0563. The number of pyridine rings is 1. The summed E-state index contributed by atoms with van der Waals surface area (Å²) in [6, 6.07) is 17.6. The molecule has 0 aliphatic carbocycles. The molecule has 26 heavy (non-hydrogen) atoms. The molecule has 5 heteroatoms. The number of hydrogen-bond donors (Lipinski definition) is 0. The highest BCUT2D eigenvalue weighted by Crippen LogP contribution is 2.29. The quantitative estimate of drug-likeness (QED) is 0.518. The smallest absolute Gasteiger partial charge is 0.373 e. The third-order valence-electron chi connectivity index (χ3n) is 4.33. The van der Waals surface area contributed by atoms with Gasteiger partial charge in [0.2, 0.25) is 5.76 Å². The molecule has 0 unspecified atom stereocenters. The van der Waals surface area contributed by atoms with Gasteiger partial charge < -0.3 is 9.15 Å². The number of benzene rings is 1. The van der Waals surface area contributed by atoms with Crippen LogP contribution < -0.4 is 0 Å². The SMILES string of the molecule is COC(=O)c1ccc(Cc2c(-c3ccccc3)nn3cc(C)ccc23)o1. The zero-order chi connectivity index (χ0) is 18.1. The van der Waals surface area contributed by atoms with Crippen LogP contribution in [0.3, 0.4) is 0 Å². The van der Waals surface area contributed by atoms with Gasteiger partial charge in [0.25, 0.3) is 0 Å². The van der Waals surface area contributed by atoms with E-state index in [1.807, 2.05) is 48.0 Å². The second kappa shape index (κ2) is 6.52. The van der Waals surface area contributed by atoms with E-state index in [-0.39, 0.29) is 5.76 Å². The van der Waals surface area contributed by atoms with E-state index >= 15 is 0 Å². The Balaban J connectivity index is 1.82. The van der Waals surface area contributed by atoms with E-state index in [0.717, 1.165) is 27.9 Å². The van der Waals surface area contributed by atoms with Crippen LogP contribution in [0.2, 0.25) is 0 Å². The average Bonchev–Trinajstić information content (AvgIpc) is 3.27. The molecule has 3 aromatic heterocycles. The Morgan fingerprint density at radius 3 is 2.69 bits per heavy atom. The maximum atomic E-state index is 11.6. The summed E-state index contributed by atoms with van der Waals surface area (Å²) in [7, 11) is 1.34. The van der Waals surface area contributed by atoms with E-state index in [4.69, 9.17) is 14.3 Å². The summed E-state index contributed by atoms with van der Waals surface area (Å²) < 4.78 is 12.3. The first kappa shape index (κ1) is 16.1. The molecule has 3 heterocycles. The first-order chi connectivity index (χ1) is 12.7. The first-order valence-corrected chi connectivity index (χ1v) is 8.36. The highest BCUT2D eigenvalue weighted by Gasteiger charge is 2.18. The standard InChI is InChI=1S/C21H18N2O3/c1-14-8-10-18-17(12-16-9-11-19(26-16)21(24)25-2)20(22-23(18)13-14)15-6-4-3-5-7-15/h3-11,13H,12H2,1-2H3. The van der Waals surface area contributed by atoms with E-state index in [1.165, 1.54) is 7.11 Å². The summed E-state index contributed by atoms with van der Waals surface area (Å²) in [5.41, 5.74) is 5.17. The van der Waals surface area contributed by atoms with Gasteiger partial charge in [-0.2, -0.15) is 5.10 Å². The van der Waals surface area contributed by atoms with Crippen LogP contribution in [0.4, 0.5) is 0 Å². The Bertz CT molecular complexity index is 1080. The molecule has 4 rings (SSSR count). The minimum absolute atomic E-state index is 0.205. The summed E-state index contributed by atoms with van der Waals surface area (Å²) in [6.45, 7) is 2.04. The van der Waals surface area contributed by atoms with Crippen molar-refractivity contribution in [1.82, 2.24) is 9.61 Å². The Labute approximate surface area is 150 Å². The van der Waals surface area contributed by atoms with Crippen molar-refractivity contribution in [3.05, 3.63) is 83.4 Å². The zero-order valence-corrected chi connectivity index (χ0v) is 14.6. The van der Waals surface area contributed by atoms with Crippen LogP contribution in [0.5, 0.6) is 0 Å². The van der Waals surface area contributed by atoms with Crippen molar-refractivity contribution in [2.45, 2.75) is 13.3 Å². The number of hydrogen-bond acceptors (Lipinski definition) is 4. The molecule has 0 radical (unpaired) electrons. The number of methoxy groups -OCH3 is 1. The van der Waals surface area contributed by atoms with Crippen LogP contribution in [-0.2, 0) is 11.2 Å². The lowest BCUT2D eigenvalue weighted by Crippen LogP contribution is -1.98. The van der Waals surface area contributed by atoms with Gasteiger partial charge in [-0.1, -0.05) is 36.4 Å². The van der Waals surface area contributed by atoms with Crippen LogP contribution in [0, 0.1) is 6.92 Å². The molecule has 0 bridgehead atoms. The number of fused-ring (bicyclic) bond motifs is 1. The molecule has 0 spiro atoms. The number of carbonyl (C=O) groups is 1. The highest BCUT2D eigenvalue weighted by atomic mass is 16.5. The topological polar surface area (TPSA) is 56.7 Å².